The molecule has 1 atom stereocenters. The smallest absolute Gasteiger partial charge is 0.129 e. The van der Waals surface area contributed by atoms with Crippen LogP contribution in [0.25, 0.3) is 0 Å². The van der Waals surface area contributed by atoms with Crippen LogP contribution in [0.15, 0.2) is 22.7 Å². The zero-order valence-electron chi connectivity index (χ0n) is 10.1. The highest BCUT2D eigenvalue weighted by atomic mass is 79.9. The van der Waals surface area contributed by atoms with Crippen molar-refractivity contribution in [2.45, 2.75) is 25.8 Å². The maximum atomic E-state index is 13.7. The Balaban J connectivity index is 2.93. The van der Waals surface area contributed by atoms with Crippen molar-refractivity contribution >= 4 is 15.9 Å². The van der Waals surface area contributed by atoms with Crippen LogP contribution < -0.4 is 0 Å². The first-order valence-corrected chi connectivity index (χ1v) is 6.44. The normalized spacial score (nSPS) is 12.5. The van der Waals surface area contributed by atoms with Crippen LogP contribution in [-0.4, -0.2) is 18.5 Å². The van der Waals surface area contributed by atoms with Gasteiger partial charge in [0.25, 0.3) is 0 Å². The molecule has 0 spiro atoms. The van der Waals surface area contributed by atoms with E-state index < -0.39 is 6.04 Å². The van der Waals surface area contributed by atoms with Crippen LogP contribution in [-0.2, 0) is 0 Å². The fraction of sp³-hybridized carbons (Fsp3) is 0.462. The van der Waals surface area contributed by atoms with E-state index in [-0.39, 0.29) is 5.82 Å². The summed E-state index contributed by atoms with van der Waals surface area (Å²) >= 11 is 3.30. The van der Waals surface area contributed by atoms with Gasteiger partial charge in [0, 0.05) is 10.0 Å². The van der Waals surface area contributed by atoms with Gasteiger partial charge in [-0.15, -0.1) is 0 Å². The molecule has 1 unspecified atom stereocenters. The van der Waals surface area contributed by atoms with Crippen molar-refractivity contribution in [2.75, 3.05) is 13.6 Å². The predicted octanol–water partition coefficient (Wildman–Crippen LogP) is 3.88. The first kappa shape index (κ1) is 14.1. The Bertz CT molecular complexity index is 414. The molecule has 0 N–H and O–H groups in total. The summed E-state index contributed by atoms with van der Waals surface area (Å²) in [6.45, 7) is 2.88. The van der Waals surface area contributed by atoms with Crippen molar-refractivity contribution in [3.63, 3.8) is 0 Å². The second-order valence-corrected chi connectivity index (χ2v) is 4.95. The number of hydrogen-bond acceptors (Lipinski definition) is 2. The summed E-state index contributed by atoms with van der Waals surface area (Å²) in [6.07, 6.45) is 2.06. The fourth-order valence-corrected chi connectivity index (χ4v) is 2.05. The van der Waals surface area contributed by atoms with E-state index in [0.717, 1.165) is 23.9 Å². The van der Waals surface area contributed by atoms with Crippen molar-refractivity contribution < 1.29 is 4.39 Å². The zero-order chi connectivity index (χ0) is 12.8. The van der Waals surface area contributed by atoms with Gasteiger partial charge in [0.15, 0.2) is 0 Å². The summed E-state index contributed by atoms with van der Waals surface area (Å²) in [7, 11) is 1.85. The van der Waals surface area contributed by atoms with Gasteiger partial charge in [0.1, 0.15) is 11.9 Å². The van der Waals surface area contributed by atoms with E-state index >= 15 is 0 Å². The van der Waals surface area contributed by atoms with Crippen molar-refractivity contribution in [3.05, 3.63) is 34.1 Å². The Morgan fingerprint density at radius 1 is 1.53 bits per heavy atom. The number of unbranched alkanes of at least 4 members (excludes halogenated alkanes) is 1. The summed E-state index contributed by atoms with van der Waals surface area (Å²) < 4.78 is 14.5. The highest BCUT2D eigenvalue weighted by Gasteiger charge is 2.19. The van der Waals surface area contributed by atoms with Crippen molar-refractivity contribution in [2.24, 2.45) is 0 Å². The molecule has 2 nitrogen and oxygen atoms in total. The molecule has 0 bridgehead atoms. The van der Waals surface area contributed by atoms with Gasteiger partial charge in [-0.3, -0.25) is 4.90 Å². The van der Waals surface area contributed by atoms with E-state index in [1.807, 2.05) is 11.9 Å². The molecule has 0 aliphatic rings. The molecule has 0 saturated carbocycles. The molecular formula is C13H16BrFN2. The van der Waals surface area contributed by atoms with Gasteiger partial charge in [-0.1, -0.05) is 29.3 Å². The Kier molecular flexibility index (Phi) is 5.60. The molecule has 92 valence electrons. The van der Waals surface area contributed by atoms with Crippen LogP contribution in [0, 0.1) is 17.1 Å². The van der Waals surface area contributed by atoms with Gasteiger partial charge in [0.2, 0.25) is 0 Å². The van der Waals surface area contributed by atoms with Gasteiger partial charge in [-0.05, 0) is 38.2 Å². The van der Waals surface area contributed by atoms with Crippen LogP contribution >= 0.6 is 15.9 Å². The largest absolute Gasteiger partial charge is 0.287 e. The predicted molar refractivity (Wildman–Crippen MR) is 70.0 cm³/mol. The van der Waals surface area contributed by atoms with E-state index in [1.165, 1.54) is 6.07 Å². The number of rotatable bonds is 5. The van der Waals surface area contributed by atoms with Gasteiger partial charge in [0.05, 0.1) is 6.07 Å². The third kappa shape index (κ3) is 3.79. The number of nitriles is 1. The summed E-state index contributed by atoms with van der Waals surface area (Å²) in [6, 6.07) is 6.33. The topological polar surface area (TPSA) is 27.0 Å². The third-order valence-electron chi connectivity index (χ3n) is 2.68. The average Bonchev–Trinajstić information content (AvgIpc) is 2.32. The Morgan fingerprint density at radius 2 is 2.24 bits per heavy atom. The number of hydrogen-bond donors (Lipinski definition) is 0. The Labute approximate surface area is 110 Å². The molecule has 0 saturated heterocycles. The standard InChI is InChI=1S/C13H16BrFN2/c1-3-4-7-17(2)13(9-16)11-8-10(14)5-6-12(11)15/h5-6,8,13H,3-4,7H2,1-2H3. The molecule has 1 aromatic carbocycles. The highest BCUT2D eigenvalue weighted by Crippen LogP contribution is 2.25. The van der Waals surface area contributed by atoms with Crippen molar-refractivity contribution in [1.82, 2.24) is 4.90 Å². The molecule has 0 aromatic heterocycles. The van der Waals surface area contributed by atoms with Gasteiger partial charge < -0.3 is 0 Å². The molecule has 0 aliphatic heterocycles. The van der Waals surface area contributed by atoms with Crippen LogP contribution in [0.5, 0.6) is 0 Å². The molecule has 0 fully saturated rings. The quantitative estimate of drug-likeness (QED) is 0.825. The second kappa shape index (κ2) is 6.73. The summed E-state index contributed by atoms with van der Waals surface area (Å²) in [5.74, 6) is -0.330. The van der Waals surface area contributed by atoms with Gasteiger partial charge in [-0.2, -0.15) is 5.26 Å². The minimum atomic E-state index is -0.529. The fourth-order valence-electron chi connectivity index (χ4n) is 1.67. The highest BCUT2D eigenvalue weighted by molar-refractivity contribution is 9.10. The van der Waals surface area contributed by atoms with Crippen LogP contribution in [0.1, 0.15) is 31.4 Å². The van der Waals surface area contributed by atoms with Crippen molar-refractivity contribution in [3.8, 4) is 6.07 Å². The van der Waals surface area contributed by atoms with Crippen LogP contribution in [0.3, 0.4) is 0 Å². The molecule has 0 heterocycles. The molecule has 0 radical (unpaired) electrons. The Morgan fingerprint density at radius 3 is 2.82 bits per heavy atom. The monoisotopic (exact) mass is 298 g/mol. The number of halogens is 2. The van der Waals surface area contributed by atoms with Crippen LogP contribution in [0.4, 0.5) is 4.39 Å². The minimum Gasteiger partial charge on any atom is -0.287 e. The van der Waals surface area contributed by atoms with Crippen LogP contribution in [0.2, 0.25) is 0 Å². The summed E-state index contributed by atoms with van der Waals surface area (Å²) in [4.78, 5) is 1.88. The Hall–Kier alpha value is -0.920. The van der Waals surface area contributed by atoms with E-state index in [2.05, 4.69) is 28.9 Å². The van der Waals surface area contributed by atoms with E-state index in [1.54, 1.807) is 12.1 Å². The molecule has 1 rings (SSSR count). The zero-order valence-corrected chi connectivity index (χ0v) is 11.7. The number of nitrogens with zero attached hydrogens (tertiary/aromatic N) is 2. The SMILES string of the molecule is CCCCN(C)C(C#N)c1cc(Br)ccc1F. The average molecular weight is 299 g/mol. The van der Waals surface area contributed by atoms with Gasteiger partial charge in [-0.25, -0.2) is 4.39 Å². The lowest BCUT2D eigenvalue weighted by Gasteiger charge is -2.23. The van der Waals surface area contributed by atoms with Gasteiger partial charge >= 0.3 is 0 Å². The summed E-state index contributed by atoms with van der Waals surface area (Å²) in [5, 5.41) is 9.19. The lowest BCUT2D eigenvalue weighted by Crippen LogP contribution is -2.25. The minimum absolute atomic E-state index is 0.330. The lowest BCUT2D eigenvalue weighted by molar-refractivity contribution is 0.281. The second-order valence-electron chi connectivity index (χ2n) is 4.03. The third-order valence-corrected chi connectivity index (χ3v) is 3.17. The number of benzene rings is 1. The molecular weight excluding hydrogens is 283 g/mol. The van der Waals surface area contributed by atoms with E-state index in [0.29, 0.717) is 5.56 Å². The summed E-state index contributed by atoms with van der Waals surface area (Å²) in [5.41, 5.74) is 0.431. The molecule has 0 amide bonds. The first-order chi connectivity index (χ1) is 8.10. The molecule has 4 heteroatoms. The maximum absolute atomic E-state index is 13.7. The van der Waals surface area contributed by atoms with E-state index in [4.69, 9.17) is 0 Å². The molecule has 1 aromatic rings. The van der Waals surface area contributed by atoms with Crippen molar-refractivity contribution in [1.29, 1.82) is 5.26 Å². The maximum Gasteiger partial charge on any atom is 0.129 e. The van der Waals surface area contributed by atoms with E-state index in [9.17, 15) is 9.65 Å². The molecule has 0 aliphatic carbocycles. The molecule has 17 heavy (non-hydrogen) atoms. The lowest BCUT2D eigenvalue weighted by atomic mass is 10.1. The first-order valence-electron chi connectivity index (χ1n) is 5.65.